The van der Waals surface area contributed by atoms with Gasteiger partial charge in [-0.05, 0) is 42.0 Å². The number of para-hydroxylation sites is 1. The average molecular weight is 478 g/mol. The van der Waals surface area contributed by atoms with Crippen molar-refractivity contribution in [3.8, 4) is 16.9 Å². The number of carbonyl (C=O) groups is 1. The molecule has 0 aliphatic heterocycles. The van der Waals surface area contributed by atoms with E-state index in [0.29, 0.717) is 22.9 Å². The lowest BCUT2D eigenvalue weighted by Gasteiger charge is -2.17. The maximum Gasteiger partial charge on any atom is 0.253 e. The van der Waals surface area contributed by atoms with Gasteiger partial charge in [0.05, 0.1) is 11.4 Å². The van der Waals surface area contributed by atoms with Crippen LogP contribution in [0.3, 0.4) is 0 Å². The van der Waals surface area contributed by atoms with Gasteiger partial charge in [-0.1, -0.05) is 54.1 Å². The van der Waals surface area contributed by atoms with Crippen molar-refractivity contribution in [3.63, 3.8) is 0 Å². The summed E-state index contributed by atoms with van der Waals surface area (Å²) in [4.78, 5) is 14.8. The second-order valence-corrected chi connectivity index (χ2v) is 9.74. The first-order valence-electron chi connectivity index (χ1n) is 10.4. The van der Waals surface area contributed by atoms with E-state index in [2.05, 4.69) is 0 Å². The van der Waals surface area contributed by atoms with Gasteiger partial charge in [0.2, 0.25) is 0 Å². The minimum Gasteiger partial charge on any atom is -0.337 e. The molecule has 1 amide bonds. The number of nitrogens with zero attached hydrogens (tertiary/aromatic N) is 3. The Hall–Kier alpha value is -3.22. The van der Waals surface area contributed by atoms with Crippen LogP contribution in [0.25, 0.3) is 16.9 Å². The van der Waals surface area contributed by atoms with Gasteiger partial charge in [0, 0.05) is 64.3 Å². The Kier molecular flexibility index (Phi) is 7.06. The first-order chi connectivity index (χ1) is 15.9. The first-order valence-corrected chi connectivity index (χ1v) is 12.6. The molecule has 3 aromatic carbocycles. The monoisotopic (exact) mass is 477 g/mol. The van der Waals surface area contributed by atoms with Gasteiger partial charge in [0.15, 0.2) is 0 Å². The van der Waals surface area contributed by atoms with E-state index < -0.39 is 10.8 Å². The molecule has 0 N–H and O–H groups in total. The molecule has 7 heteroatoms. The highest BCUT2D eigenvalue weighted by Gasteiger charge is 2.18. The summed E-state index contributed by atoms with van der Waals surface area (Å²) < 4.78 is 13.4. The van der Waals surface area contributed by atoms with E-state index in [9.17, 15) is 9.00 Å². The molecule has 0 aliphatic rings. The number of hydrogen-bond donors (Lipinski definition) is 0. The van der Waals surface area contributed by atoms with Crippen LogP contribution in [0.1, 0.15) is 21.5 Å². The van der Waals surface area contributed by atoms with Crippen LogP contribution in [0, 0.1) is 0 Å². The minimum atomic E-state index is -0.967. The van der Waals surface area contributed by atoms with Crippen molar-refractivity contribution in [2.45, 2.75) is 12.3 Å². The third-order valence-corrected chi connectivity index (χ3v) is 6.22. The van der Waals surface area contributed by atoms with Crippen LogP contribution in [0.2, 0.25) is 5.02 Å². The summed E-state index contributed by atoms with van der Waals surface area (Å²) in [6, 6.07) is 24.7. The molecule has 1 aromatic heterocycles. The van der Waals surface area contributed by atoms with Crippen molar-refractivity contribution in [3.05, 3.63) is 107 Å². The van der Waals surface area contributed by atoms with Gasteiger partial charge >= 0.3 is 0 Å². The maximum absolute atomic E-state index is 13.2. The van der Waals surface area contributed by atoms with Crippen LogP contribution in [0.4, 0.5) is 0 Å². The van der Waals surface area contributed by atoms with Crippen molar-refractivity contribution < 1.29 is 9.00 Å². The van der Waals surface area contributed by atoms with Crippen LogP contribution in [-0.2, 0) is 23.1 Å². The molecule has 0 aliphatic carbocycles. The topological polar surface area (TPSA) is 55.2 Å². The summed E-state index contributed by atoms with van der Waals surface area (Å²) in [5.41, 5.74) is 5.04. The standard InChI is InChI=1S/C26H24ClN3O2S/c1-29(26(31)21-8-6-7-19(15-21)18-33(2)32)16-22-17-30(24-9-4-3-5-10-24)28-25(22)20-11-13-23(27)14-12-20/h3-15,17H,16,18H2,1-2H3/t33-/m0/s1. The SMILES string of the molecule is CN(Cc1cn(-c2ccccc2)nc1-c1ccc(Cl)cc1)C(=O)c1cccc(C[S@](C)=O)c1. The lowest BCUT2D eigenvalue weighted by atomic mass is 10.1. The zero-order chi connectivity index (χ0) is 23.4. The second kappa shape index (κ2) is 10.1. The molecule has 5 nitrogen and oxygen atoms in total. The summed E-state index contributed by atoms with van der Waals surface area (Å²) in [6.07, 6.45) is 3.61. The Morgan fingerprint density at radius 3 is 2.45 bits per heavy atom. The molecule has 0 spiro atoms. The Balaban J connectivity index is 1.65. The third-order valence-electron chi connectivity index (χ3n) is 5.23. The number of benzene rings is 3. The molecule has 1 atom stereocenters. The van der Waals surface area contributed by atoms with E-state index >= 15 is 0 Å². The minimum absolute atomic E-state index is 0.103. The highest BCUT2D eigenvalue weighted by Crippen LogP contribution is 2.26. The normalized spacial score (nSPS) is 11.8. The van der Waals surface area contributed by atoms with E-state index in [1.165, 1.54) is 0 Å². The summed E-state index contributed by atoms with van der Waals surface area (Å²) in [5.74, 6) is 0.323. The van der Waals surface area contributed by atoms with Gasteiger partial charge in [0.1, 0.15) is 0 Å². The number of amides is 1. The molecule has 4 aromatic rings. The average Bonchev–Trinajstić information content (AvgIpc) is 3.23. The Morgan fingerprint density at radius 1 is 1.03 bits per heavy atom. The van der Waals surface area contributed by atoms with Gasteiger partial charge in [-0.2, -0.15) is 5.10 Å². The Bertz CT molecular complexity index is 1290. The van der Waals surface area contributed by atoms with E-state index in [1.54, 1.807) is 24.3 Å². The number of rotatable bonds is 7. The van der Waals surface area contributed by atoms with Crippen molar-refractivity contribution in [1.29, 1.82) is 0 Å². The van der Waals surface area contributed by atoms with Gasteiger partial charge in [-0.3, -0.25) is 9.00 Å². The predicted molar refractivity (Wildman–Crippen MR) is 134 cm³/mol. The summed E-state index contributed by atoms with van der Waals surface area (Å²) in [7, 11) is 0.809. The van der Waals surface area contributed by atoms with E-state index in [-0.39, 0.29) is 5.91 Å². The van der Waals surface area contributed by atoms with Crippen LogP contribution in [-0.4, -0.2) is 38.1 Å². The third kappa shape index (κ3) is 5.59. The molecule has 4 rings (SSSR count). The smallest absolute Gasteiger partial charge is 0.253 e. The van der Waals surface area contributed by atoms with E-state index in [1.807, 2.05) is 83.7 Å². The molecule has 1 heterocycles. The number of halogens is 1. The van der Waals surface area contributed by atoms with Crippen molar-refractivity contribution in [1.82, 2.24) is 14.7 Å². The predicted octanol–water partition coefficient (Wildman–Crippen LogP) is 5.34. The number of aromatic nitrogens is 2. The summed E-state index contributed by atoms with van der Waals surface area (Å²) in [5, 5.41) is 5.47. The van der Waals surface area contributed by atoms with Crippen molar-refractivity contribution >= 4 is 28.3 Å². The fourth-order valence-electron chi connectivity index (χ4n) is 3.67. The quantitative estimate of drug-likeness (QED) is 0.361. The fraction of sp³-hybridized carbons (Fsp3) is 0.154. The van der Waals surface area contributed by atoms with Crippen molar-refractivity contribution in [2.24, 2.45) is 0 Å². The Morgan fingerprint density at radius 2 is 1.76 bits per heavy atom. The molecular weight excluding hydrogens is 454 g/mol. The summed E-state index contributed by atoms with van der Waals surface area (Å²) in [6.45, 7) is 0.383. The van der Waals surface area contributed by atoms with Crippen LogP contribution < -0.4 is 0 Å². The molecule has 0 fully saturated rings. The highest BCUT2D eigenvalue weighted by molar-refractivity contribution is 7.83. The fourth-order valence-corrected chi connectivity index (χ4v) is 4.44. The van der Waals surface area contributed by atoms with Crippen LogP contribution in [0.15, 0.2) is 85.1 Å². The van der Waals surface area contributed by atoms with Gasteiger partial charge in [-0.25, -0.2) is 4.68 Å². The summed E-state index contributed by atoms with van der Waals surface area (Å²) >= 11 is 6.08. The molecular formula is C26H24ClN3O2S. The molecule has 0 saturated carbocycles. The van der Waals surface area contributed by atoms with Crippen LogP contribution in [0.5, 0.6) is 0 Å². The van der Waals surface area contributed by atoms with Gasteiger partial charge < -0.3 is 4.90 Å². The number of hydrogen-bond acceptors (Lipinski definition) is 3. The molecule has 0 radical (unpaired) electrons. The molecule has 0 unspecified atom stereocenters. The lowest BCUT2D eigenvalue weighted by molar-refractivity contribution is 0.0785. The van der Waals surface area contributed by atoms with Crippen LogP contribution >= 0.6 is 11.6 Å². The highest BCUT2D eigenvalue weighted by atomic mass is 35.5. The second-order valence-electron chi connectivity index (χ2n) is 7.87. The van der Waals surface area contributed by atoms with Gasteiger partial charge in [0.25, 0.3) is 5.91 Å². The maximum atomic E-state index is 13.2. The zero-order valence-corrected chi connectivity index (χ0v) is 20.0. The first kappa shape index (κ1) is 23.0. The van der Waals surface area contributed by atoms with E-state index in [0.717, 1.165) is 28.1 Å². The van der Waals surface area contributed by atoms with Gasteiger partial charge in [-0.15, -0.1) is 0 Å². The molecule has 0 bridgehead atoms. The lowest BCUT2D eigenvalue weighted by Crippen LogP contribution is -2.26. The molecule has 0 saturated heterocycles. The number of carbonyl (C=O) groups excluding carboxylic acids is 1. The van der Waals surface area contributed by atoms with Crippen molar-refractivity contribution in [2.75, 3.05) is 13.3 Å². The Labute approximate surface area is 201 Å². The van der Waals surface area contributed by atoms with E-state index in [4.69, 9.17) is 16.7 Å². The molecule has 168 valence electrons. The largest absolute Gasteiger partial charge is 0.337 e. The molecule has 33 heavy (non-hydrogen) atoms. The zero-order valence-electron chi connectivity index (χ0n) is 18.4.